The van der Waals surface area contributed by atoms with Crippen LogP contribution in [0.2, 0.25) is 0 Å². The van der Waals surface area contributed by atoms with Gasteiger partial charge in [0.15, 0.2) is 0 Å². The van der Waals surface area contributed by atoms with E-state index in [0.29, 0.717) is 42.6 Å². The minimum atomic E-state index is -0.967. The molecule has 1 aliphatic rings. The predicted molar refractivity (Wildman–Crippen MR) is 98.4 cm³/mol. The van der Waals surface area contributed by atoms with E-state index in [1.165, 1.54) is 11.8 Å². The average Bonchev–Trinajstić information content (AvgIpc) is 3.00. The molecule has 2 heterocycles. The molecule has 1 atom stereocenters. The highest BCUT2D eigenvalue weighted by atomic mass is 16.5. The molecule has 1 saturated heterocycles. The molecule has 1 aromatic heterocycles. The molecule has 0 bridgehead atoms. The number of rotatable bonds is 5. The molecule has 138 valence electrons. The van der Waals surface area contributed by atoms with Crippen LogP contribution in [0, 0.1) is 16.7 Å². The second-order valence-corrected chi connectivity index (χ2v) is 6.24. The quantitative estimate of drug-likeness (QED) is 0.641. The standard InChI is InChI=1S/C19H19N5O3/c1-3-19(12-20)9-11-24(17(19)26)16-8-10-21-18(23-16)22-14-4-6-15(7-5-14)27-13(2)25/h4-8,10H,3,9,11H2,1-2H3,(H,21,22,23). The van der Waals surface area contributed by atoms with Crippen LogP contribution >= 0.6 is 0 Å². The maximum atomic E-state index is 12.7. The summed E-state index contributed by atoms with van der Waals surface area (Å²) in [5.41, 5.74) is -0.263. The minimum absolute atomic E-state index is 0.220. The van der Waals surface area contributed by atoms with Gasteiger partial charge in [-0.25, -0.2) is 4.98 Å². The fraction of sp³-hybridized carbons (Fsp3) is 0.316. The summed E-state index contributed by atoms with van der Waals surface area (Å²) in [4.78, 5) is 33.7. The summed E-state index contributed by atoms with van der Waals surface area (Å²) >= 11 is 0. The third kappa shape index (κ3) is 3.72. The van der Waals surface area contributed by atoms with E-state index < -0.39 is 5.41 Å². The van der Waals surface area contributed by atoms with E-state index >= 15 is 0 Å². The first-order valence-corrected chi connectivity index (χ1v) is 8.59. The van der Waals surface area contributed by atoms with Crippen LogP contribution in [-0.4, -0.2) is 28.4 Å². The van der Waals surface area contributed by atoms with Gasteiger partial charge in [0.25, 0.3) is 0 Å². The summed E-state index contributed by atoms with van der Waals surface area (Å²) in [6.45, 7) is 3.63. The van der Waals surface area contributed by atoms with Crippen LogP contribution in [0.4, 0.5) is 17.5 Å². The summed E-state index contributed by atoms with van der Waals surface area (Å²) in [7, 11) is 0. The summed E-state index contributed by atoms with van der Waals surface area (Å²) < 4.78 is 4.99. The van der Waals surface area contributed by atoms with Gasteiger partial charge in [-0.05, 0) is 43.2 Å². The highest BCUT2D eigenvalue weighted by Crippen LogP contribution is 2.36. The van der Waals surface area contributed by atoms with Crippen LogP contribution < -0.4 is 15.0 Å². The molecule has 1 amide bonds. The summed E-state index contributed by atoms with van der Waals surface area (Å²) in [6, 6.07) is 10.6. The molecule has 0 spiro atoms. The first kappa shape index (κ1) is 18.3. The number of esters is 1. The van der Waals surface area contributed by atoms with Gasteiger partial charge in [-0.1, -0.05) is 6.92 Å². The Morgan fingerprint density at radius 3 is 2.70 bits per heavy atom. The molecule has 1 unspecified atom stereocenters. The number of hydrogen-bond acceptors (Lipinski definition) is 7. The van der Waals surface area contributed by atoms with Gasteiger partial charge in [0.1, 0.15) is 17.0 Å². The average molecular weight is 365 g/mol. The third-order valence-corrected chi connectivity index (χ3v) is 4.52. The fourth-order valence-electron chi connectivity index (χ4n) is 2.96. The largest absolute Gasteiger partial charge is 0.427 e. The Balaban J connectivity index is 1.76. The van der Waals surface area contributed by atoms with E-state index in [0.717, 1.165) is 0 Å². The number of carbonyl (C=O) groups is 2. The lowest BCUT2D eigenvalue weighted by molar-refractivity contribution is -0.131. The lowest BCUT2D eigenvalue weighted by Crippen LogP contribution is -2.33. The Labute approximate surface area is 156 Å². The first-order valence-electron chi connectivity index (χ1n) is 8.59. The van der Waals surface area contributed by atoms with Crippen LogP contribution in [0.5, 0.6) is 5.75 Å². The monoisotopic (exact) mass is 365 g/mol. The van der Waals surface area contributed by atoms with Crippen molar-refractivity contribution in [2.45, 2.75) is 26.7 Å². The van der Waals surface area contributed by atoms with Crippen LogP contribution in [0.3, 0.4) is 0 Å². The van der Waals surface area contributed by atoms with E-state index in [1.807, 2.05) is 6.92 Å². The summed E-state index contributed by atoms with van der Waals surface area (Å²) in [5.74, 6) is 0.620. The van der Waals surface area contributed by atoms with E-state index in [2.05, 4.69) is 21.4 Å². The minimum Gasteiger partial charge on any atom is -0.427 e. The van der Waals surface area contributed by atoms with Gasteiger partial charge in [0.05, 0.1) is 6.07 Å². The number of carbonyl (C=O) groups excluding carboxylic acids is 2. The molecule has 1 aliphatic heterocycles. The van der Waals surface area contributed by atoms with Crippen molar-refractivity contribution in [1.82, 2.24) is 9.97 Å². The molecule has 1 fully saturated rings. The Hall–Kier alpha value is -3.47. The zero-order valence-corrected chi connectivity index (χ0v) is 15.1. The highest BCUT2D eigenvalue weighted by Gasteiger charge is 2.46. The molecule has 8 heteroatoms. The molecule has 8 nitrogen and oxygen atoms in total. The smallest absolute Gasteiger partial charge is 0.308 e. The first-order chi connectivity index (χ1) is 13.0. The van der Waals surface area contributed by atoms with Crippen molar-refractivity contribution in [1.29, 1.82) is 5.26 Å². The molecule has 2 aromatic rings. The SMILES string of the molecule is CCC1(C#N)CCN(c2ccnc(Nc3ccc(OC(C)=O)cc3)n2)C1=O. The molecule has 0 radical (unpaired) electrons. The van der Waals surface area contributed by atoms with Crippen molar-refractivity contribution in [3.8, 4) is 11.8 Å². The van der Waals surface area contributed by atoms with Crippen molar-refractivity contribution in [3.63, 3.8) is 0 Å². The Kier molecular flexibility index (Phi) is 5.03. The molecule has 1 N–H and O–H groups in total. The van der Waals surface area contributed by atoms with Gasteiger partial charge in [0.2, 0.25) is 11.9 Å². The van der Waals surface area contributed by atoms with Gasteiger partial charge < -0.3 is 10.1 Å². The Morgan fingerprint density at radius 1 is 1.37 bits per heavy atom. The van der Waals surface area contributed by atoms with Crippen molar-refractivity contribution >= 4 is 29.3 Å². The van der Waals surface area contributed by atoms with Crippen molar-refractivity contribution in [2.24, 2.45) is 5.41 Å². The zero-order valence-electron chi connectivity index (χ0n) is 15.1. The number of benzene rings is 1. The van der Waals surface area contributed by atoms with Crippen LogP contribution in [0.15, 0.2) is 36.5 Å². The van der Waals surface area contributed by atoms with E-state index in [1.54, 1.807) is 36.5 Å². The van der Waals surface area contributed by atoms with Crippen molar-refractivity contribution in [3.05, 3.63) is 36.5 Å². The molecular formula is C19H19N5O3. The number of hydrogen-bond donors (Lipinski definition) is 1. The van der Waals surface area contributed by atoms with Crippen molar-refractivity contribution in [2.75, 3.05) is 16.8 Å². The van der Waals surface area contributed by atoms with Gasteiger partial charge in [-0.3, -0.25) is 14.5 Å². The maximum absolute atomic E-state index is 12.7. The van der Waals surface area contributed by atoms with E-state index in [4.69, 9.17) is 4.74 Å². The van der Waals surface area contributed by atoms with E-state index in [-0.39, 0.29) is 11.9 Å². The summed E-state index contributed by atoms with van der Waals surface area (Å²) in [6.07, 6.45) is 2.52. The number of anilines is 3. The predicted octanol–water partition coefficient (Wildman–Crippen LogP) is 2.80. The topological polar surface area (TPSA) is 108 Å². The zero-order chi connectivity index (χ0) is 19.4. The Bertz CT molecular complexity index is 906. The second kappa shape index (κ2) is 7.41. The number of ether oxygens (including phenoxy) is 1. The van der Waals surface area contributed by atoms with E-state index in [9.17, 15) is 14.9 Å². The number of aromatic nitrogens is 2. The van der Waals surface area contributed by atoms with Crippen LogP contribution in [0.1, 0.15) is 26.7 Å². The van der Waals surface area contributed by atoms with Gasteiger partial charge in [0, 0.05) is 25.4 Å². The van der Waals surface area contributed by atoms with Crippen LogP contribution in [-0.2, 0) is 9.59 Å². The molecule has 0 aliphatic carbocycles. The third-order valence-electron chi connectivity index (χ3n) is 4.52. The number of nitrogens with one attached hydrogen (secondary N) is 1. The number of amides is 1. The Morgan fingerprint density at radius 2 is 2.11 bits per heavy atom. The van der Waals surface area contributed by atoms with Gasteiger partial charge in [-0.2, -0.15) is 10.2 Å². The molecular weight excluding hydrogens is 346 g/mol. The lowest BCUT2D eigenvalue weighted by atomic mass is 9.85. The maximum Gasteiger partial charge on any atom is 0.308 e. The molecule has 27 heavy (non-hydrogen) atoms. The highest BCUT2D eigenvalue weighted by molar-refractivity contribution is 6.01. The number of nitrogens with zero attached hydrogens (tertiary/aromatic N) is 4. The van der Waals surface area contributed by atoms with Gasteiger partial charge >= 0.3 is 5.97 Å². The lowest BCUT2D eigenvalue weighted by Gasteiger charge is -2.19. The van der Waals surface area contributed by atoms with Crippen molar-refractivity contribution < 1.29 is 14.3 Å². The van der Waals surface area contributed by atoms with Gasteiger partial charge in [-0.15, -0.1) is 0 Å². The molecule has 0 saturated carbocycles. The molecule has 1 aromatic carbocycles. The second-order valence-electron chi connectivity index (χ2n) is 6.24. The normalized spacial score (nSPS) is 18.9. The fourth-order valence-corrected chi connectivity index (χ4v) is 2.96. The number of nitriles is 1. The van der Waals surface area contributed by atoms with Crippen LogP contribution in [0.25, 0.3) is 0 Å². The molecule has 3 rings (SSSR count). The summed E-state index contributed by atoms with van der Waals surface area (Å²) in [5, 5.41) is 12.5.